The van der Waals surface area contributed by atoms with E-state index in [9.17, 15) is 0 Å². The summed E-state index contributed by atoms with van der Waals surface area (Å²) in [5.74, 6) is 0. The van der Waals surface area contributed by atoms with E-state index in [1.165, 1.54) is 11.8 Å². The summed E-state index contributed by atoms with van der Waals surface area (Å²) < 4.78 is 0.916. The summed E-state index contributed by atoms with van der Waals surface area (Å²) in [6.07, 6.45) is 1.55. The zero-order valence-corrected chi connectivity index (χ0v) is 11.4. The number of aromatic amines is 1. The van der Waals surface area contributed by atoms with Gasteiger partial charge in [-0.3, -0.25) is 5.10 Å². The number of halogens is 1. The highest BCUT2D eigenvalue weighted by Crippen LogP contribution is 2.31. The highest BCUT2D eigenvalue weighted by Gasteiger charge is 2.07. The Morgan fingerprint density at radius 2 is 2.06 bits per heavy atom. The van der Waals surface area contributed by atoms with E-state index in [1.54, 1.807) is 17.7 Å². The van der Waals surface area contributed by atoms with Gasteiger partial charge in [0.25, 0.3) is 0 Å². The van der Waals surface area contributed by atoms with E-state index in [4.69, 9.17) is 11.6 Å². The van der Waals surface area contributed by atoms with E-state index >= 15 is 0 Å². The SMILES string of the molecule is Clc1ccc(-c2csc(Sc3nc[nH]n3)n2)cc1. The van der Waals surface area contributed by atoms with Crippen LogP contribution < -0.4 is 0 Å². The van der Waals surface area contributed by atoms with Gasteiger partial charge in [0.2, 0.25) is 5.16 Å². The maximum absolute atomic E-state index is 5.86. The molecule has 90 valence electrons. The van der Waals surface area contributed by atoms with Crippen LogP contribution in [-0.4, -0.2) is 20.2 Å². The summed E-state index contributed by atoms with van der Waals surface area (Å²) in [6.45, 7) is 0. The molecule has 0 aliphatic rings. The molecule has 0 saturated carbocycles. The lowest BCUT2D eigenvalue weighted by atomic mass is 10.2. The summed E-state index contributed by atoms with van der Waals surface area (Å²) in [4.78, 5) is 8.58. The van der Waals surface area contributed by atoms with Gasteiger partial charge in [0, 0.05) is 16.0 Å². The molecule has 3 aromatic rings. The minimum absolute atomic E-state index is 0.673. The Bertz CT molecular complexity index is 633. The van der Waals surface area contributed by atoms with Gasteiger partial charge in [-0.1, -0.05) is 23.7 Å². The van der Waals surface area contributed by atoms with Gasteiger partial charge in [0.15, 0.2) is 4.34 Å². The normalized spacial score (nSPS) is 10.7. The van der Waals surface area contributed by atoms with Crippen LogP contribution in [-0.2, 0) is 0 Å². The molecule has 3 rings (SSSR count). The van der Waals surface area contributed by atoms with Crippen molar-refractivity contribution in [1.82, 2.24) is 20.2 Å². The van der Waals surface area contributed by atoms with Gasteiger partial charge in [0.05, 0.1) is 5.69 Å². The molecule has 1 aromatic carbocycles. The zero-order valence-electron chi connectivity index (χ0n) is 9.00. The number of nitrogens with zero attached hydrogens (tertiary/aromatic N) is 3. The van der Waals surface area contributed by atoms with Crippen molar-refractivity contribution in [3.8, 4) is 11.3 Å². The van der Waals surface area contributed by atoms with E-state index in [0.717, 1.165) is 20.6 Å². The van der Waals surface area contributed by atoms with Crippen LogP contribution in [0.2, 0.25) is 5.02 Å². The van der Waals surface area contributed by atoms with Crippen LogP contribution in [0.1, 0.15) is 0 Å². The fourth-order valence-electron chi connectivity index (χ4n) is 1.38. The van der Waals surface area contributed by atoms with Crippen LogP contribution >= 0.6 is 34.7 Å². The molecular formula is C11H7ClN4S2. The van der Waals surface area contributed by atoms with Crippen LogP contribution in [0.15, 0.2) is 45.5 Å². The smallest absolute Gasteiger partial charge is 0.215 e. The van der Waals surface area contributed by atoms with Gasteiger partial charge in [-0.05, 0) is 23.9 Å². The quantitative estimate of drug-likeness (QED) is 0.799. The van der Waals surface area contributed by atoms with Gasteiger partial charge in [0.1, 0.15) is 6.33 Å². The standard InChI is InChI=1S/C11H7ClN4S2/c12-8-3-1-7(2-4-8)9-5-17-11(15-9)18-10-13-6-14-16-10/h1-6H,(H,13,14,16). The zero-order chi connectivity index (χ0) is 12.4. The average molecular weight is 295 g/mol. The van der Waals surface area contributed by atoms with E-state index in [0.29, 0.717) is 5.16 Å². The predicted octanol–water partition coefficient (Wildman–Crippen LogP) is 3.73. The fourth-order valence-corrected chi connectivity index (χ4v) is 3.12. The molecule has 0 radical (unpaired) electrons. The number of H-pyrrole nitrogens is 1. The topological polar surface area (TPSA) is 54.5 Å². The van der Waals surface area contributed by atoms with Crippen LogP contribution in [0.4, 0.5) is 0 Å². The van der Waals surface area contributed by atoms with Gasteiger partial charge >= 0.3 is 0 Å². The van der Waals surface area contributed by atoms with Crippen molar-refractivity contribution in [1.29, 1.82) is 0 Å². The van der Waals surface area contributed by atoms with Crippen LogP contribution in [0.25, 0.3) is 11.3 Å². The second-order valence-corrected chi connectivity index (χ2v) is 5.90. The summed E-state index contributed by atoms with van der Waals surface area (Å²) in [7, 11) is 0. The summed E-state index contributed by atoms with van der Waals surface area (Å²) in [5, 5.41) is 10.1. The van der Waals surface area contributed by atoms with Gasteiger partial charge < -0.3 is 0 Å². The maximum atomic E-state index is 5.86. The Balaban J connectivity index is 1.83. The minimum atomic E-state index is 0.673. The van der Waals surface area contributed by atoms with Crippen molar-refractivity contribution in [2.24, 2.45) is 0 Å². The van der Waals surface area contributed by atoms with Crippen molar-refractivity contribution < 1.29 is 0 Å². The Labute approximate surface area is 116 Å². The first-order chi connectivity index (χ1) is 8.81. The first-order valence-corrected chi connectivity index (χ1v) is 7.14. The molecule has 0 fully saturated rings. The van der Waals surface area contributed by atoms with Gasteiger partial charge in [-0.25, -0.2) is 9.97 Å². The number of hydrogen-bond acceptors (Lipinski definition) is 5. The molecule has 0 atom stereocenters. The molecule has 2 aromatic heterocycles. The molecule has 7 heteroatoms. The molecule has 0 spiro atoms. The van der Waals surface area contributed by atoms with E-state index in [-0.39, 0.29) is 0 Å². The van der Waals surface area contributed by atoms with E-state index < -0.39 is 0 Å². The lowest BCUT2D eigenvalue weighted by molar-refractivity contribution is 0.972. The van der Waals surface area contributed by atoms with Crippen molar-refractivity contribution >= 4 is 34.7 Å². The molecule has 1 N–H and O–H groups in total. The number of aromatic nitrogens is 4. The lowest BCUT2D eigenvalue weighted by Crippen LogP contribution is -1.78. The van der Waals surface area contributed by atoms with Gasteiger partial charge in [-0.15, -0.1) is 16.4 Å². The second-order valence-electron chi connectivity index (χ2n) is 3.39. The minimum Gasteiger partial charge on any atom is -0.265 e. The largest absolute Gasteiger partial charge is 0.265 e. The molecule has 0 saturated heterocycles. The molecule has 0 aliphatic carbocycles. The molecule has 0 bridgehead atoms. The summed E-state index contributed by atoms with van der Waals surface area (Å²) in [6, 6.07) is 7.63. The van der Waals surface area contributed by atoms with Crippen molar-refractivity contribution in [3.05, 3.63) is 41.0 Å². The highest BCUT2D eigenvalue weighted by molar-refractivity contribution is 8.00. The number of benzene rings is 1. The monoisotopic (exact) mass is 294 g/mol. The molecule has 4 nitrogen and oxygen atoms in total. The lowest BCUT2D eigenvalue weighted by Gasteiger charge is -1.95. The Hall–Kier alpha value is -1.37. The average Bonchev–Trinajstić information content (AvgIpc) is 3.02. The first-order valence-electron chi connectivity index (χ1n) is 5.06. The summed E-state index contributed by atoms with van der Waals surface area (Å²) in [5.41, 5.74) is 1.99. The maximum Gasteiger partial charge on any atom is 0.215 e. The Morgan fingerprint density at radius 1 is 1.22 bits per heavy atom. The molecular weight excluding hydrogens is 288 g/mol. The van der Waals surface area contributed by atoms with Crippen LogP contribution in [0.3, 0.4) is 0 Å². The number of nitrogens with one attached hydrogen (secondary N) is 1. The molecule has 0 amide bonds. The van der Waals surface area contributed by atoms with Gasteiger partial charge in [-0.2, -0.15) is 0 Å². The fraction of sp³-hybridized carbons (Fsp3) is 0. The molecule has 2 heterocycles. The third-order valence-corrected chi connectivity index (χ3v) is 4.26. The van der Waals surface area contributed by atoms with E-state index in [1.807, 2.05) is 29.6 Å². The number of hydrogen-bond donors (Lipinski definition) is 1. The van der Waals surface area contributed by atoms with E-state index in [2.05, 4.69) is 20.2 Å². The predicted molar refractivity (Wildman–Crippen MR) is 73.1 cm³/mol. The third kappa shape index (κ3) is 2.55. The van der Waals surface area contributed by atoms with Crippen molar-refractivity contribution in [2.45, 2.75) is 9.50 Å². The van der Waals surface area contributed by atoms with Crippen LogP contribution in [0.5, 0.6) is 0 Å². The highest BCUT2D eigenvalue weighted by atomic mass is 35.5. The third-order valence-electron chi connectivity index (χ3n) is 2.19. The number of thiazole rings is 1. The van der Waals surface area contributed by atoms with Crippen LogP contribution in [0, 0.1) is 0 Å². The second kappa shape index (κ2) is 5.09. The Kier molecular flexibility index (Phi) is 3.31. The van der Waals surface area contributed by atoms with Crippen molar-refractivity contribution in [2.75, 3.05) is 0 Å². The molecule has 18 heavy (non-hydrogen) atoms. The van der Waals surface area contributed by atoms with Crippen molar-refractivity contribution in [3.63, 3.8) is 0 Å². The first kappa shape index (κ1) is 11.7. The molecule has 0 aliphatic heterocycles. The Morgan fingerprint density at radius 3 is 2.78 bits per heavy atom. The number of rotatable bonds is 3. The summed E-state index contributed by atoms with van der Waals surface area (Å²) >= 11 is 8.87. The molecule has 0 unspecified atom stereocenters.